The molecule has 0 radical (unpaired) electrons. The molecule has 3 unspecified atom stereocenters. The van der Waals surface area contributed by atoms with Gasteiger partial charge in [0.15, 0.2) is 0 Å². The van der Waals surface area contributed by atoms with E-state index in [0.29, 0.717) is 18.3 Å². The Hall–Kier alpha value is -0.200. The number of unbranched alkanes of at least 4 members (excludes halogenated alkanes) is 13. The Morgan fingerprint density at radius 3 is 1.84 bits per heavy atom. The van der Waals surface area contributed by atoms with Crippen molar-refractivity contribution in [1.82, 2.24) is 0 Å². The van der Waals surface area contributed by atoms with Crippen molar-refractivity contribution in [2.24, 2.45) is 0 Å². The number of ether oxygens (including phenoxy) is 3. The van der Waals surface area contributed by atoms with E-state index in [9.17, 15) is 14.5 Å². The van der Waals surface area contributed by atoms with Crippen LogP contribution in [0.3, 0.4) is 0 Å². The molecule has 0 aromatic carbocycles. The second-order valence-electron chi connectivity index (χ2n) is 10.7. The molecule has 6 nitrogen and oxygen atoms in total. The number of carbonyl (C=O) groups is 1. The SMILES string of the molecule is CCCCCCCCCCCSC(CCCCCCCC)C(C)OCCCOC(O)(P=O)C(=O)OC(C)C. The summed E-state index contributed by atoms with van der Waals surface area (Å²) in [7, 11) is -0.830. The molecule has 226 valence electrons. The molecule has 0 aliphatic heterocycles. The van der Waals surface area contributed by atoms with Crippen LogP contribution in [0, 0.1) is 0 Å². The highest BCUT2D eigenvalue weighted by molar-refractivity contribution is 7.99. The minimum absolute atomic E-state index is 0.0549. The summed E-state index contributed by atoms with van der Waals surface area (Å²) in [5.74, 6) is 0.145. The lowest BCUT2D eigenvalue weighted by molar-refractivity contribution is -0.199. The van der Waals surface area contributed by atoms with Crippen LogP contribution >= 0.6 is 20.2 Å². The van der Waals surface area contributed by atoms with Gasteiger partial charge in [0.2, 0.25) is 8.46 Å². The van der Waals surface area contributed by atoms with Crippen LogP contribution in [0.5, 0.6) is 0 Å². The highest BCUT2D eigenvalue weighted by atomic mass is 32.2. The van der Waals surface area contributed by atoms with Crippen molar-refractivity contribution in [3.8, 4) is 0 Å². The highest BCUT2D eigenvalue weighted by Crippen LogP contribution is 2.26. The Labute approximate surface area is 240 Å². The molecule has 0 fully saturated rings. The van der Waals surface area contributed by atoms with Gasteiger partial charge in [0, 0.05) is 11.9 Å². The Kier molecular flexibility index (Phi) is 25.6. The number of hydrogen-bond donors (Lipinski definition) is 1. The molecule has 3 atom stereocenters. The molecule has 0 aliphatic rings. The first-order valence-electron chi connectivity index (χ1n) is 15.5. The van der Waals surface area contributed by atoms with Crippen LogP contribution in [-0.2, 0) is 23.6 Å². The molecule has 0 heterocycles. The zero-order chi connectivity index (χ0) is 28.5. The molecule has 1 N–H and O–H groups in total. The summed E-state index contributed by atoms with van der Waals surface area (Å²) in [6, 6.07) is 0. The van der Waals surface area contributed by atoms with Gasteiger partial charge in [-0.05, 0) is 45.8 Å². The van der Waals surface area contributed by atoms with Gasteiger partial charge in [-0.15, -0.1) is 0 Å². The van der Waals surface area contributed by atoms with E-state index in [1.165, 1.54) is 108 Å². The van der Waals surface area contributed by atoms with Gasteiger partial charge in [-0.2, -0.15) is 11.8 Å². The average molecular weight is 579 g/mol. The summed E-state index contributed by atoms with van der Waals surface area (Å²) < 4.78 is 27.6. The molecule has 0 saturated carbocycles. The Balaban J connectivity index is 4.37. The number of rotatable bonds is 28. The smallest absolute Gasteiger partial charge is 0.380 e. The van der Waals surface area contributed by atoms with Crippen LogP contribution < -0.4 is 0 Å². The monoisotopic (exact) mass is 578 g/mol. The second-order valence-corrected chi connectivity index (χ2v) is 12.9. The molecule has 8 heteroatoms. The number of thioether (sulfide) groups is 1. The quantitative estimate of drug-likeness (QED) is 0.0429. The Morgan fingerprint density at radius 2 is 1.32 bits per heavy atom. The highest BCUT2D eigenvalue weighted by Gasteiger charge is 2.41. The topological polar surface area (TPSA) is 82.1 Å². The molecule has 0 amide bonds. The van der Waals surface area contributed by atoms with Crippen LogP contribution in [0.2, 0.25) is 0 Å². The fraction of sp³-hybridized carbons (Fsp3) is 0.967. The molecule has 0 spiro atoms. The Morgan fingerprint density at radius 1 is 0.789 bits per heavy atom. The van der Waals surface area contributed by atoms with Crippen molar-refractivity contribution in [2.75, 3.05) is 19.0 Å². The normalized spacial score (nSPS) is 15.0. The lowest BCUT2D eigenvalue weighted by Gasteiger charge is -2.25. The van der Waals surface area contributed by atoms with Gasteiger partial charge in [0.1, 0.15) is 0 Å². The van der Waals surface area contributed by atoms with Gasteiger partial charge >= 0.3 is 11.5 Å². The van der Waals surface area contributed by atoms with E-state index >= 15 is 0 Å². The van der Waals surface area contributed by atoms with Crippen LogP contribution in [0.4, 0.5) is 0 Å². The third-order valence-electron chi connectivity index (χ3n) is 6.65. The molecular formula is C30H59O6PS. The second kappa shape index (κ2) is 25.7. The zero-order valence-corrected chi connectivity index (χ0v) is 26.9. The van der Waals surface area contributed by atoms with Crippen LogP contribution in [0.25, 0.3) is 0 Å². The first-order valence-corrected chi connectivity index (χ1v) is 17.3. The summed E-state index contributed by atoms with van der Waals surface area (Å²) in [6.07, 6.45) is 21.3. The lowest BCUT2D eigenvalue weighted by Crippen LogP contribution is -2.39. The van der Waals surface area contributed by atoms with E-state index in [0.717, 1.165) is 0 Å². The van der Waals surface area contributed by atoms with E-state index in [1.54, 1.807) is 13.8 Å². The van der Waals surface area contributed by atoms with Gasteiger partial charge < -0.3 is 19.3 Å². The fourth-order valence-corrected chi connectivity index (χ4v) is 5.92. The predicted octanol–water partition coefficient (Wildman–Crippen LogP) is 9.07. The maximum Gasteiger partial charge on any atom is 0.380 e. The Bertz CT molecular complexity index is 565. The average Bonchev–Trinajstić information content (AvgIpc) is 2.89. The first kappa shape index (κ1) is 37.8. The number of aliphatic hydroxyl groups is 1. The molecular weight excluding hydrogens is 519 g/mol. The van der Waals surface area contributed by atoms with Crippen molar-refractivity contribution in [3.05, 3.63) is 0 Å². The standard InChI is InChI=1S/C30H59O6PS/c1-6-8-10-12-14-15-16-18-20-25-38-28(22-19-17-13-11-9-7-2)27(5)34-23-21-24-35-30(32,37-33)29(31)36-26(3)4/h26-28,32H,6-25H2,1-5H3. The third kappa shape index (κ3) is 20.7. The minimum atomic E-state index is -2.46. The molecule has 0 aromatic heterocycles. The zero-order valence-electron chi connectivity index (χ0n) is 25.2. The number of carbonyl (C=O) groups excluding carboxylic acids is 1. The summed E-state index contributed by atoms with van der Waals surface area (Å²) in [6.45, 7) is 10.5. The minimum Gasteiger partial charge on any atom is -0.458 e. The molecule has 0 rings (SSSR count). The molecule has 38 heavy (non-hydrogen) atoms. The van der Waals surface area contributed by atoms with Crippen LogP contribution in [0.1, 0.15) is 144 Å². The molecule has 0 bridgehead atoms. The summed E-state index contributed by atoms with van der Waals surface area (Å²) in [5, 5.41) is 10.6. The third-order valence-corrected chi connectivity index (χ3v) is 8.78. The van der Waals surface area contributed by atoms with Gasteiger partial charge in [0.05, 0.1) is 18.8 Å². The molecule has 0 aromatic rings. The van der Waals surface area contributed by atoms with Gasteiger partial charge in [0.25, 0.3) is 0 Å². The van der Waals surface area contributed by atoms with Crippen molar-refractivity contribution in [3.63, 3.8) is 0 Å². The first-order chi connectivity index (χ1) is 18.3. The van der Waals surface area contributed by atoms with E-state index < -0.39 is 26.1 Å². The van der Waals surface area contributed by atoms with E-state index in [1.807, 2.05) is 0 Å². The van der Waals surface area contributed by atoms with Crippen molar-refractivity contribution in [2.45, 2.75) is 167 Å². The van der Waals surface area contributed by atoms with E-state index in [2.05, 4.69) is 32.5 Å². The largest absolute Gasteiger partial charge is 0.458 e. The number of hydrogen-bond acceptors (Lipinski definition) is 7. The summed E-state index contributed by atoms with van der Waals surface area (Å²) in [4.78, 5) is 11.9. The summed E-state index contributed by atoms with van der Waals surface area (Å²) in [5.41, 5.74) is -2.46. The summed E-state index contributed by atoms with van der Waals surface area (Å²) >= 11 is 2.05. The van der Waals surface area contributed by atoms with Crippen LogP contribution in [0.15, 0.2) is 0 Å². The fourth-order valence-electron chi connectivity index (χ4n) is 4.29. The van der Waals surface area contributed by atoms with E-state index in [4.69, 9.17) is 14.2 Å². The van der Waals surface area contributed by atoms with Crippen molar-refractivity contribution in [1.29, 1.82) is 0 Å². The van der Waals surface area contributed by atoms with Gasteiger partial charge in [-0.25, -0.2) is 4.79 Å². The molecule has 0 aliphatic carbocycles. The lowest BCUT2D eigenvalue weighted by atomic mass is 10.1. The van der Waals surface area contributed by atoms with Crippen LogP contribution in [-0.4, -0.2) is 53.0 Å². The van der Waals surface area contributed by atoms with Crippen molar-refractivity contribution >= 4 is 26.2 Å². The maximum absolute atomic E-state index is 11.9. The van der Waals surface area contributed by atoms with Crippen molar-refractivity contribution < 1.29 is 28.7 Å². The van der Waals surface area contributed by atoms with Gasteiger partial charge in [-0.3, -0.25) is 4.57 Å². The maximum atomic E-state index is 11.9. The molecule has 0 saturated heterocycles. The number of esters is 1. The van der Waals surface area contributed by atoms with Gasteiger partial charge in [-0.1, -0.05) is 104 Å². The van der Waals surface area contributed by atoms with E-state index in [-0.39, 0.29) is 12.7 Å². The predicted molar refractivity (Wildman–Crippen MR) is 161 cm³/mol.